The molecule has 1 heterocycles. The second-order valence-electron chi connectivity index (χ2n) is 5.87. The third-order valence-corrected chi connectivity index (χ3v) is 4.01. The van der Waals surface area contributed by atoms with E-state index in [4.69, 9.17) is 0 Å². The Morgan fingerprint density at radius 1 is 1.00 bits per heavy atom. The lowest BCUT2D eigenvalue weighted by atomic mass is 10.1. The van der Waals surface area contributed by atoms with Crippen molar-refractivity contribution in [2.45, 2.75) is 13.1 Å². The lowest BCUT2D eigenvalue weighted by Gasteiger charge is -2.10. The van der Waals surface area contributed by atoms with E-state index in [1.807, 2.05) is 0 Å². The molecule has 1 N–H and O–H groups in total. The van der Waals surface area contributed by atoms with Crippen molar-refractivity contribution in [3.05, 3.63) is 65.4 Å². The lowest BCUT2D eigenvalue weighted by Crippen LogP contribution is -2.25. The quantitative estimate of drug-likeness (QED) is 0.809. The minimum Gasteiger partial charge on any atom is -0.356 e. The van der Waals surface area contributed by atoms with Gasteiger partial charge in [0.15, 0.2) is 0 Å². The highest BCUT2D eigenvalue weighted by molar-refractivity contribution is 6.13. The second-order valence-corrected chi connectivity index (χ2v) is 5.87. The van der Waals surface area contributed by atoms with Gasteiger partial charge in [-0.15, -0.1) is 0 Å². The van der Waals surface area contributed by atoms with Crippen molar-refractivity contribution in [2.75, 3.05) is 12.4 Å². The first-order valence-electron chi connectivity index (χ1n) is 7.83. The zero-order valence-corrected chi connectivity index (χ0v) is 14.1. The van der Waals surface area contributed by atoms with Crippen LogP contribution in [0.1, 0.15) is 18.1 Å². The van der Waals surface area contributed by atoms with E-state index in [9.17, 15) is 18.0 Å². The van der Waals surface area contributed by atoms with Gasteiger partial charge in [0.2, 0.25) is 0 Å². The number of likely N-dealkylation sites (N-methyl/N-ethyl adjacent to an activating group) is 1. The maximum Gasteiger partial charge on any atom is 0.416 e. The lowest BCUT2D eigenvalue weighted by molar-refractivity contribution is -0.137. The van der Waals surface area contributed by atoms with Crippen molar-refractivity contribution >= 4 is 29.2 Å². The van der Waals surface area contributed by atoms with Crippen molar-refractivity contribution < 1.29 is 18.0 Å². The van der Waals surface area contributed by atoms with E-state index in [-0.39, 0.29) is 5.91 Å². The van der Waals surface area contributed by atoms with E-state index < -0.39 is 11.7 Å². The van der Waals surface area contributed by atoms with E-state index in [0.29, 0.717) is 17.2 Å². The summed E-state index contributed by atoms with van der Waals surface area (Å²) >= 11 is 0. The Kier molecular flexibility index (Phi) is 4.54. The molecule has 0 unspecified atom stereocenters. The van der Waals surface area contributed by atoms with Crippen LogP contribution in [0.25, 0.3) is 6.08 Å². The summed E-state index contributed by atoms with van der Waals surface area (Å²) in [6.45, 7) is 1.76. The number of carbonyl (C=O) groups is 1. The van der Waals surface area contributed by atoms with Crippen molar-refractivity contribution in [1.82, 2.24) is 4.90 Å². The molecule has 1 amide bonds. The minimum atomic E-state index is -4.35. The van der Waals surface area contributed by atoms with Gasteiger partial charge in [0.1, 0.15) is 11.5 Å². The standard InChI is InChI=1S/C19H16F3N3O/c1-12-23-17(18(26)25(12)2)11-13-3-7-15(8-4-13)24-16-9-5-14(6-10-16)19(20,21)22/h3-11,24H,1-2H3/b17-11-. The van der Waals surface area contributed by atoms with Crippen LogP contribution in [0.4, 0.5) is 24.5 Å². The number of amidine groups is 1. The molecule has 0 radical (unpaired) electrons. The Balaban J connectivity index is 1.72. The minimum absolute atomic E-state index is 0.158. The van der Waals surface area contributed by atoms with Gasteiger partial charge in [0, 0.05) is 18.4 Å². The summed E-state index contributed by atoms with van der Waals surface area (Å²) in [6.07, 6.45) is -2.66. The van der Waals surface area contributed by atoms with Crippen molar-refractivity contribution in [1.29, 1.82) is 0 Å². The fourth-order valence-electron chi connectivity index (χ4n) is 2.44. The molecule has 0 atom stereocenters. The number of aliphatic imine (C=N–C) groups is 1. The molecule has 0 bridgehead atoms. The predicted octanol–water partition coefficient (Wildman–Crippen LogP) is 4.68. The Labute approximate surface area is 148 Å². The maximum atomic E-state index is 12.6. The van der Waals surface area contributed by atoms with Crippen LogP contribution in [0.15, 0.2) is 59.2 Å². The average molecular weight is 359 g/mol. The molecule has 1 aliphatic rings. The Morgan fingerprint density at radius 2 is 1.54 bits per heavy atom. The number of halogens is 3. The molecule has 3 rings (SSSR count). The van der Waals surface area contributed by atoms with Crippen molar-refractivity contribution in [3.8, 4) is 0 Å². The van der Waals surface area contributed by atoms with Gasteiger partial charge in [-0.05, 0) is 55.0 Å². The van der Waals surface area contributed by atoms with Crippen LogP contribution < -0.4 is 5.32 Å². The molecule has 0 aromatic heterocycles. The van der Waals surface area contributed by atoms with Gasteiger partial charge in [0.25, 0.3) is 5.91 Å². The van der Waals surface area contributed by atoms with Gasteiger partial charge in [-0.3, -0.25) is 9.69 Å². The highest BCUT2D eigenvalue weighted by Crippen LogP contribution is 2.30. The first kappa shape index (κ1) is 17.7. The topological polar surface area (TPSA) is 44.7 Å². The molecule has 0 fully saturated rings. The third kappa shape index (κ3) is 3.77. The number of nitrogens with one attached hydrogen (secondary N) is 1. The molecular weight excluding hydrogens is 343 g/mol. The van der Waals surface area contributed by atoms with Crippen LogP contribution in [0, 0.1) is 0 Å². The van der Waals surface area contributed by atoms with Crippen LogP contribution in [0.2, 0.25) is 0 Å². The molecule has 2 aromatic rings. The van der Waals surface area contributed by atoms with Crippen molar-refractivity contribution in [3.63, 3.8) is 0 Å². The van der Waals surface area contributed by atoms with E-state index in [1.165, 1.54) is 17.0 Å². The van der Waals surface area contributed by atoms with Gasteiger partial charge in [-0.2, -0.15) is 13.2 Å². The van der Waals surface area contributed by atoms with Crippen molar-refractivity contribution in [2.24, 2.45) is 4.99 Å². The molecule has 0 saturated carbocycles. The summed E-state index contributed by atoms with van der Waals surface area (Å²) in [5, 5.41) is 3.04. The van der Waals surface area contributed by atoms with Crippen LogP contribution in [0.3, 0.4) is 0 Å². The van der Waals surface area contributed by atoms with Crippen LogP contribution in [-0.2, 0) is 11.0 Å². The van der Waals surface area contributed by atoms with Gasteiger partial charge in [0.05, 0.1) is 5.56 Å². The number of rotatable bonds is 3. The molecular formula is C19H16F3N3O. The van der Waals surface area contributed by atoms with E-state index >= 15 is 0 Å². The number of nitrogens with zero attached hydrogens (tertiary/aromatic N) is 2. The molecule has 0 saturated heterocycles. The third-order valence-electron chi connectivity index (χ3n) is 4.01. The summed E-state index contributed by atoms with van der Waals surface area (Å²) in [6, 6.07) is 12.0. The molecule has 0 aliphatic carbocycles. The Morgan fingerprint density at radius 3 is 2.00 bits per heavy atom. The number of amides is 1. The highest BCUT2D eigenvalue weighted by atomic mass is 19.4. The molecule has 4 nitrogen and oxygen atoms in total. The number of carbonyl (C=O) groups excluding carboxylic acids is 1. The van der Waals surface area contributed by atoms with Crippen LogP contribution >= 0.6 is 0 Å². The van der Waals surface area contributed by atoms with Gasteiger partial charge < -0.3 is 5.32 Å². The van der Waals surface area contributed by atoms with E-state index in [0.717, 1.165) is 23.4 Å². The van der Waals surface area contributed by atoms with E-state index in [2.05, 4.69) is 10.3 Å². The summed E-state index contributed by atoms with van der Waals surface area (Å²) in [4.78, 5) is 17.7. The monoisotopic (exact) mass is 359 g/mol. The SMILES string of the molecule is CC1=N/C(=C\c2ccc(Nc3ccc(C(F)(F)F)cc3)cc2)C(=O)N1C. The number of alkyl halides is 3. The molecule has 1 aliphatic heterocycles. The fraction of sp³-hybridized carbons (Fsp3) is 0.158. The predicted molar refractivity (Wildman–Crippen MR) is 95.0 cm³/mol. The molecule has 134 valence electrons. The molecule has 0 spiro atoms. The van der Waals surface area contributed by atoms with Gasteiger partial charge >= 0.3 is 6.18 Å². The number of hydrogen-bond donors (Lipinski definition) is 1. The fourth-order valence-corrected chi connectivity index (χ4v) is 2.44. The first-order chi connectivity index (χ1) is 12.2. The summed E-state index contributed by atoms with van der Waals surface area (Å²) < 4.78 is 37.7. The van der Waals surface area contributed by atoms with E-state index in [1.54, 1.807) is 44.3 Å². The zero-order chi connectivity index (χ0) is 18.9. The summed E-state index contributed by atoms with van der Waals surface area (Å²) in [7, 11) is 1.67. The molecule has 2 aromatic carbocycles. The van der Waals surface area contributed by atoms with Gasteiger partial charge in [-0.1, -0.05) is 12.1 Å². The average Bonchev–Trinajstić information content (AvgIpc) is 2.83. The summed E-state index contributed by atoms with van der Waals surface area (Å²) in [5.74, 6) is 0.483. The normalized spacial score (nSPS) is 16.2. The van der Waals surface area contributed by atoms with Crippen LogP contribution in [0.5, 0.6) is 0 Å². The number of benzene rings is 2. The maximum absolute atomic E-state index is 12.6. The number of hydrogen-bond acceptors (Lipinski definition) is 3. The molecule has 26 heavy (non-hydrogen) atoms. The van der Waals surface area contributed by atoms with Crippen LogP contribution in [-0.4, -0.2) is 23.7 Å². The summed E-state index contributed by atoms with van der Waals surface area (Å²) in [5.41, 5.74) is 1.76. The first-order valence-corrected chi connectivity index (χ1v) is 7.83. The Hall–Kier alpha value is -3.09. The highest BCUT2D eigenvalue weighted by Gasteiger charge is 2.29. The van der Waals surface area contributed by atoms with Gasteiger partial charge in [-0.25, -0.2) is 4.99 Å². The molecule has 7 heteroatoms. The smallest absolute Gasteiger partial charge is 0.356 e. The number of anilines is 2. The Bertz CT molecular complexity index is 882. The largest absolute Gasteiger partial charge is 0.416 e. The second kappa shape index (κ2) is 6.67. The zero-order valence-electron chi connectivity index (χ0n) is 14.1.